The SMILES string of the molecule is C[C@@H](O)[C@H](NC(=O)CNC(=O)[C@H](CO)NC(=O)[C@H](CO)NC(=O)[C@H](Cc1ccc(O)cc1)NC(=O)CNC(=O)[C@H](CO)NC(=O)[C@H](CC(N)=O)NC(=O)[C@@H]1CCCN1C(=O)[C@H](Cc1ccc(O)cc1)NC(=O)[C@H](CCC(=O)O)NC(=O)CN)C(=O)N[C@@H](Cc1ccc(O)cc1)C(=O)O. The molecule has 0 radical (unpaired) electrons. The van der Waals surface area contributed by atoms with Crippen LogP contribution in [-0.2, 0) is 91.2 Å². The maximum Gasteiger partial charge on any atom is 0.326 e. The molecule has 0 unspecified atom stereocenters. The molecule has 98 heavy (non-hydrogen) atoms. The third-order valence-electron chi connectivity index (χ3n) is 14.7. The maximum absolute atomic E-state index is 14.4. The van der Waals surface area contributed by atoms with Crippen LogP contribution in [0.4, 0.5) is 0 Å². The van der Waals surface area contributed by atoms with Gasteiger partial charge in [0.1, 0.15) is 77.7 Å². The number of carbonyl (C=O) groups is 15. The Morgan fingerprint density at radius 3 is 1.33 bits per heavy atom. The first-order valence-electron chi connectivity index (χ1n) is 30.2. The van der Waals surface area contributed by atoms with Crippen LogP contribution in [-0.4, -0.2) is 252 Å². The van der Waals surface area contributed by atoms with Gasteiger partial charge in [-0.15, -0.1) is 0 Å². The second-order valence-corrected chi connectivity index (χ2v) is 22.3. The number of primary amides is 1. The second kappa shape index (κ2) is 39.1. The average molecular weight is 1380 g/mol. The fourth-order valence-electron chi connectivity index (χ4n) is 9.57. The van der Waals surface area contributed by atoms with E-state index in [-0.39, 0.29) is 55.0 Å². The van der Waals surface area contributed by atoms with Crippen molar-refractivity contribution in [3.05, 3.63) is 89.5 Å². The number of nitrogens with two attached hydrogens (primary N) is 2. The van der Waals surface area contributed by atoms with Crippen molar-refractivity contribution < 1.29 is 118 Å². The highest BCUT2D eigenvalue weighted by atomic mass is 16.4. The number of aliphatic carboxylic acids is 2. The number of aliphatic hydroxyl groups excluding tert-OH is 4. The van der Waals surface area contributed by atoms with Crippen molar-refractivity contribution in [2.45, 2.75) is 125 Å². The molecule has 1 saturated heterocycles. The van der Waals surface area contributed by atoms with Crippen LogP contribution in [0.15, 0.2) is 72.8 Å². The highest BCUT2D eigenvalue weighted by molar-refractivity contribution is 6.00. The van der Waals surface area contributed by atoms with E-state index in [2.05, 4.69) is 58.5 Å². The molecule has 38 heteroatoms. The summed E-state index contributed by atoms with van der Waals surface area (Å²) in [4.78, 5) is 198. The first-order chi connectivity index (χ1) is 46.4. The Morgan fingerprint density at radius 1 is 0.490 bits per heavy atom. The zero-order valence-corrected chi connectivity index (χ0v) is 52.6. The molecule has 11 atom stereocenters. The van der Waals surface area contributed by atoms with Crippen molar-refractivity contribution in [2.24, 2.45) is 11.5 Å². The Balaban J connectivity index is 1.40. The summed E-state index contributed by atoms with van der Waals surface area (Å²) in [5.41, 5.74) is 11.9. The van der Waals surface area contributed by atoms with Gasteiger partial charge in [-0.2, -0.15) is 0 Å². The van der Waals surface area contributed by atoms with Crippen LogP contribution < -0.4 is 70.0 Å². The molecule has 534 valence electrons. The first kappa shape index (κ1) is 79.3. The standard InChI is InChI=1S/C60H80N14O24/c1-29(78)50(58(95)69-40(60(97)98)21-32-8-14-35(81)15-9-32)73-48(85)25-64-52(89)42(27-76)71-56(93)43(28-77)72-54(91)37(19-30-4-10-33(79)11-5-30)66-47(84)24-63-51(88)41(26-75)70-55(92)38(22-45(62)82)67-57(94)44-3-2-18-74(44)59(96)39(20-31-6-12-34(80)13-7-31)68-53(90)36(16-17-49(86)87)65-46(83)23-61/h4-15,29,36-44,50,75-81H,2-3,16-28,61H2,1H3,(H2,62,82)(H,63,88)(H,64,89)(H,65,83)(H,66,84)(H,67,94)(H,68,90)(H,69,95)(H,70,92)(H,71,93)(H,72,91)(H,73,85)(H,86,87)(H,97,98)/t29-,36+,37+,38+,39+,40+,41+,42+,43+,44+,50+/m1/s1. The summed E-state index contributed by atoms with van der Waals surface area (Å²) in [6, 6.07) is -1.14. The summed E-state index contributed by atoms with van der Waals surface area (Å²) in [6.07, 6.45) is -4.35. The van der Waals surface area contributed by atoms with Gasteiger partial charge in [-0.25, -0.2) is 4.79 Å². The largest absolute Gasteiger partial charge is 0.508 e. The van der Waals surface area contributed by atoms with Gasteiger partial charge in [-0.1, -0.05) is 36.4 Å². The number of benzene rings is 3. The lowest BCUT2D eigenvalue weighted by Crippen LogP contribution is -2.60. The molecule has 0 spiro atoms. The lowest BCUT2D eigenvalue weighted by Gasteiger charge is -2.31. The molecule has 0 aliphatic carbocycles. The minimum absolute atomic E-state index is 0.0416. The summed E-state index contributed by atoms with van der Waals surface area (Å²) in [6.45, 7) is -5.06. The van der Waals surface area contributed by atoms with Gasteiger partial charge in [0.2, 0.25) is 76.8 Å². The number of hydrogen-bond acceptors (Lipinski definition) is 23. The molecular formula is C60H80N14O24. The van der Waals surface area contributed by atoms with Crippen LogP contribution in [0.1, 0.15) is 55.7 Å². The molecule has 1 aliphatic rings. The molecule has 3 aromatic carbocycles. The topological polar surface area (TPSA) is 626 Å². The fraction of sp³-hybridized carbons (Fsp3) is 0.450. The van der Waals surface area contributed by atoms with Gasteiger partial charge in [0, 0.05) is 32.2 Å². The van der Waals surface area contributed by atoms with Crippen molar-refractivity contribution in [1.82, 2.24) is 63.4 Å². The number of rotatable bonds is 39. The highest BCUT2D eigenvalue weighted by Gasteiger charge is 2.41. The number of likely N-dealkylation sites (tertiary alicyclic amines) is 1. The molecule has 0 bridgehead atoms. The molecule has 1 heterocycles. The van der Waals surface area contributed by atoms with E-state index in [9.17, 15) is 118 Å². The van der Waals surface area contributed by atoms with Crippen molar-refractivity contribution in [1.29, 1.82) is 0 Å². The van der Waals surface area contributed by atoms with Crippen LogP contribution in [0.3, 0.4) is 0 Å². The molecule has 38 nitrogen and oxygen atoms in total. The predicted molar refractivity (Wildman–Crippen MR) is 334 cm³/mol. The first-order valence-corrected chi connectivity index (χ1v) is 30.2. The van der Waals surface area contributed by atoms with Crippen molar-refractivity contribution in [3.63, 3.8) is 0 Å². The number of nitrogens with zero attached hydrogens (tertiary/aromatic N) is 1. The summed E-state index contributed by atoms with van der Waals surface area (Å²) in [5, 5.41) is 113. The number of carboxylic acids is 2. The van der Waals surface area contributed by atoms with Gasteiger partial charge in [0.15, 0.2) is 0 Å². The number of phenolic OH excluding ortho intramolecular Hbond substituents is 3. The van der Waals surface area contributed by atoms with Crippen LogP contribution in [0.25, 0.3) is 0 Å². The summed E-state index contributed by atoms with van der Waals surface area (Å²) in [7, 11) is 0. The Labute approximate surface area is 557 Å². The number of carbonyl (C=O) groups excluding carboxylic acids is 13. The molecule has 1 aliphatic heterocycles. The second-order valence-electron chi connectivity index (χ2n) is 22.3. The Kier molecular flexibility index (Phi) is 31.6. The zero-order chi connectivity index (χ0) is 72.9. The van der Waals surface area contributed by atoms with Gasteiger partial charge < -0.3 is 121 Å². The normalized spacial score (nSPS) is 15.5. The van der Waals surface area contributed by atoms with E-state index in [1.807, 2.05) is 0 Å². The van der Waals surface area contributed by atoms with E-state index in [0.717, 1.165) is 11.8 Å². The quantitative estimate of drug-likeness (QED) is 0.0252. The predicted octanol–water partition coefficient (Wildman–Crippen LogP) is -9.44. The smallest absolute Gasteiger partial charge is 0.326 e. The summed E-state index contributed by atoms with van der Waals surface area (Å²) in [5.74, 6) is -17.8. The third kappa shape index (κ3) is 25.9. The fourth-order valence-corrected chi connectivity index (χ4v) is 9.57. The summed E-state index contributed by atoms with van der Waals surface area (Å²) >= 11 is 0. The van der Waals surface area contributed by atoms with Crippen molar-refractivity contribution >= 4 is 88.7 Å². The molecular weight excluding hydrogens is 1300 g/mol. The number of phenols is 3. The van der Waals surface area contributed by atoms with Gasteiger partial charge in [-0.05, 0) is 79.3 Å². The number of carboxylic acid groups (broad SMARTS) is 2. The molecule has 0 aromatic heterocycles. The van der Waals surface area contributed by atoms with Crippen LogP contribution >= 0.6 is 0 Å². The number of aliphatic hydroxyl groups is 4. The van der Waals surface area contributed by atoms with Crippen molar-refractivity contribution in [2.75, 3.05) is 46.0 Å². The average Bonchev–Trinajstić information content (AvgIpc) is 1.61. The number of hydrogen-bond donors (Lipinski definition) is 22. The van der Waals surface area contributed by atoms with Gasteiger partial charge in [0.05, 0.1) is 52.0 Å². The Morgan fingerprint density at radius 2 is 0.888 bits per heavy atom. The third-order valence-corrected chi connectivity index (χ3v) is 14.7. The monoisotopic (exact) mass is 1380 g/mol. The number of nitrogens with one attached hydrogen (secondary N) is 11. The van der Waals surface area contributed by atoms with Gasteiger partial charge >= 0.3 is 11.9 Å². The number of amides is 13. The number of aromatic hydroxyl groups is 3. The van der Waals surface area contributed by atoms with Crippen LogP contribution in [0.5, 0.6) is 17.2 Å². The van der Waals surface area contributed by atoms with Gasteiger partial charge in [-0.3, -0.25) is 67.1 Å². The highest BCUT2D eigenvalue weighted by Crippen LogP contribution is 2.22. The van der Waals surface area contributed by atoms with Crippen LogP contribution in [0.2, 0.25) is 0 Å². The molecule has 3 aromatic rings. The summed E-state index contributed by atoms with van der Waals surface area (Å²) < 4.78 is 0. The molecule has 1 fully saturated rings. The molecule has 13 amide bonds. The Hall–Kier alpha value is -11.1. The lowest BCUT2D eigenvalue weighted by molar-refractivity contribution is -0.143. The van der Waals surface area contributed by atoms with E-state index >= 15 is 0 Å². The minimum Gasteiger partial charge on any atom is -0.508 e. The Bertz CT molecular complexity index is 3340. The minimum atomic E-state index is -1.94. The lowest BCUT2D eigenvalue weighted by atomic mass is 10.0. The van der Waals surface area contributed by atoms with Gasteiger partial charge in [0.25, 0.3) is 0 Å². The molecule has 4 rings (SSSR count). The molecule has 24 N–H and O–H groups in total. The molecule has 0 saturated carbocycles. The van der Waals surface area contributed by atoms with E-state index < -0.39 is 220 Å². The van der Waals surface area contributed by atoms with E-state index in [1.165, 1.54) is 72.8 Å². The van der Waals surface area contributed by atoms with E-state index in [4.69, 9.17) is 11.5 Å². The zero-order valence-electron chi connectivity index (χ0n) is 52.6. The van der Waals surface area contributed by atoms with E-state index in [1.54, 1.807) is 0 Å². The van der Waals surface area contributed by atoms with E-state index in [0.29, 0.717) is 11.1 Å². The van der Waals surface area contributed by atoms with Crippen LogP contribution in [0, 0.1) is 0 Å². The maximum atomic E-state index is 14.4. The van der Waals surface area contributed by atoms with Crippen molar-refractivity contribution in [3.8, 4) is 17.2 Å².